The van der Waals surface area contributed by atoms with Gasteiger partial charge in [0.05, 0.1) is 9.26 Å². The van der Waals surface area contributed by atoms with Gasteiger partial charge >= 0.3 is 0 Å². The minimum atomic E-state index is -0.453. The molecule has 0 fully saturated rings. The van der Waals surface area contributed by atoms with Crippen molar-refractivity contribution in [1.29, 1.82) is 10.7 Å². The molecular formula is C9H6BrFIN5. The predicted molar refractivity (Wildman–Crippen MR) is 75.4 cm³/mol. The first-order valence-electron chi connectivity index (χ1n) is 4.18. The molecule has 0 bridgehead atoms. The maximum absolute atomic E-state index is 13.1. The van der Waals surface area contributed by atoms with Crippen LogP contribution in [-0.2, 0) is 0 Å². The molecule has 4 N–H and O–H groups in total. The number of nitrogens with one attached hydrogen (secondary N) is 2. The smallest absolute Gasteiger partial charge is 0.201 e. The second-order valence-electron chi connectivity index (χ2n) is 2.85. The van der Waals surface area contributed by atoms with Crippen molar-refractivity contribution in [3.63, 3.8) is 0 Å². The summed E-state index contributed by atoms with van der Waals surface area (Å²) >= 11 is 5.17. The fourth-order valence-corrected chi connectivity index (χ4v) is 1.76. The normalized spacial score (nSPS) is 10.8. The SMILES string of the molecule is N#C/C(=N\Nc1cc(F)cc(Br)c1I)C(=N)N. The number of nitrogens with two attached hydrogens (primary N) is 1. The number of halogens is 3. The van der Waals surface area contributed by atoms with Crippen LogP contribution in [0.3, 0.4) is 0 Å². The number of benzene rings is 1. The van der Waals surface area contributed by atoms with Crippen molar-refractivity contribution in [2.24, 2.45) is 10.8 Å². The van der Waals surface area contributed by atoms with E-state index in [1.807, 2.05) is 22.6 Å². The van der Waals surface area contributed by atoms with Gasteiger partial charge in [-0.3, -0.25) is 10.8 Å². The van der Waals surface area contributed by atoms with Crippen LogP contribution in [0, 0.1) is 26.1 Å². The summed E-state index contributed by atoms with van der Waals surface area (Å²) in [6.45, 7) is 0. The molecule has 0 aliphatic rings. The van der Waals surface area contributed by atoms with Gasteiger partial charge in [0.1, 0.15) is 11.9 Å². The molecule has 1 rings (SSSR count). The second-order valence-corrected chi connectivity index (χ2v) is 4.78. The Balaban J connectivity index is 3.05. The van der Waals surface area contributed by atoms with Gasteiger partial charge in [0.15, 0.2) is 5.84 Å². The standard InChI is InChI=1S/C9H6BrFIN5/c10-5-1-4(11)2-6(8(5)12)16-17-7(3-13)9(14)15/h1-2,16H,(H3,14,15)/b17-7+. The average molecular weight is 410 g/mol. The maximum Gasteiger partial charge on any atom is 0.201 e. The van der Waals surface area contributed by atoms with Gasteiger partial charge in [-0.15, -0.1) is 0 Å². The molecule has 0 aliphatic heterocycles. The van der Waals surface area contributed by atoms with E-state index < -0.39 is 11.7 Å². The first kappa shape index (κ1) is 13.9. The third-order valence-electron chi connectivity index (χ3n) is 1.64. The van der Waals surface area contributed by atoms with Crippen molar-refractivity contribution in [2.45, 2.75) is 0 Å². The topological polar surface area (TPSA) is 98.0 Å². The molecule has 0 aliphatic carbocycles. The van der Waals surface area contributed by atoms with E-state index in [0.717, 1.165) is 0 Å². The Kier molecular flexibility index (Phi) is 4.83. The summed E-state index contributed by atoms with van der Waals surface area (Å²) in [6, 6.07) is 4.19. The Bertz CT molecular complexity index is 537. The number of hydrazone groups is 1. The molecule has 0 heterocycles. The predicted octanol–water partition coefficient (Wildman–Crippen LogP) is 2.42. The third kappa shape index (κ3) is 3.64. The fourth-order valence-electron chi connectivity index (χ4n) is 0.899. The molecule has 0 amide bonds. The van der Waals surface area contributed by atoms with Gasteiger partial charge in [-0.1, -0.05) is 0 Å². The summed E-state index contributed by atoms with van der Waals surface area (Å²) in [6.07, 6.45) is 0. The summed E-state index contributed by atoms with van der Waals surface area (Å²) in [4.78, 5) is 0. The molecule has 0 atom stereocenters. The van der Waals surface area contributed by atoms with Crippen LogP contribution >= 0.6 is 38.5 Å². The molecule has 1 aromatic rings. The van der Waals surface area contributed by atoms with Crippen molar-refractivity contribution in [1.82, 2.24) is 0 Å². The second kappa shape index (κ2) is 5.92. The molecule has 8 heteroatoms. The number of hydrogen-bond donors (Lipinski definition) is 3. The number of anilines is 1. The van der Waals surface area contributed by atoms with Crippen molar-refractivity contribution < 1.29 is 4.39 Å². The van der Waals surface area contributed by atoms with Crippen LogP contribution in [0.1, 0.15) is 0 Å². The fraction of sp³-hybridized carbons (Fsp3) is 0. The summed E-state index contributed by atoms with van der Waals surface area (Å²) < 4.78 is 14.4. The monoisotopic (exact) mass is 409 g/mol. The third-order valence-corrected chi connectivity index (χ3v) is 4.17. The van der Waals surface area contributed by atoms with Crippen molar-refractivity contribution in [3.8, 4) is 6.07 Å². The van der Waals surface area contributed by atoms with E-state index in [0.29, 0.717) is 13.7 Å². The van der Waals surface area contributed by atoms with Gasteiger partial charge in [0.2, 0.25) is 5.71 Å². The number of nitriles is 1. The summed E-state index contributed by atoms with van der Waals surface area (Å²) in [7, 11) is 0. The highest BCUT2D eigenvalue weighted by Gasteiger charge is 2.07. The van der Waals surface area contributed by atoms with Gasteiger partial charge in [0.25, 0.3) is 0 Å². The van der Waals surface area contributed by atoms with Gasteiger partial charge < -0.3 is 5.73 Å². The van der Waals surface area contributed by atoms with Gasteiger partial charge in [-0.2, -0.15) is 10.4 Å². The molecule has 88 valence electrons. The van der Waals surface area contributed by atoms with Crippen LogP contribution in [0.15, 0.2) is 21.7 Å². The molecule has 0 radical (unpaired) electrons. The zero-order chi connectivity index (χ0) is 13.0. The molecule has 1 aromatic carbocycles. The first-order chi connectivity index (χ1) is 7.95. The molecule has 0 aromatic heterocycles. The van der Waals surface area contributed by atoms with E-state index in [4.69, 9.17) is 16.4 Å². The van der Waals surface area contributed by atoms with E-state index in [-0.39, 0.29) is 5.71 Å². The highest BCUT2D eigenvalue weighted by molar-refractivity contribution is 14.1. The van der Waals surface area contributed by atoms with Crippen molar-refractivity contribution in [3.05, 3.63) is 26.0 Å². The quantitative estimate of drug-likeness (QED) is 0.235. The minimum Gasteiger partial charge on any atom is -0.382 e. The van der Waals surface area contributed by atoms with Crippen LogP contribution < -0.4 is 11.2 Å². The largest absolute Gasteiger partial charge is 0.382 e. The Morgan fingerprint density at radius 3 is 2.82 bits per heavy atom. The van der Waals surface area contributed by atoms with Gasteiger partial charge in [0, 0.05) is 4.47 Å². The summed E-state index contributed by atoms with van der Waals surface area (Å²) in [5.74, 6) is -0.901. The van der Waals surface area contributed by atoms with E-state index in [1.165, 1.54) is 12.1 Å². The maximum atomic E-state index is 13.1. The lowest BCUT2D eigenvalue weighted by molar-refractivity contribution is 0.627. The lowest BCUT2D eigenvalue weighted by Crippen LogP contribution is -2.22. The number of rotatable bonds is 3. The van der Waals surface area contributed by atoms with E-state index in [9.17, 15) is 4.39 Å². The van der Waals surface area contributed by atoms with Gasteiger partial charge in [-0.05, 0) is 50.7 Å². The highest BCUT2D eigenvalue weighted by Crippen LogP contribution is 2.28. The van der Waals surface area contributed by atoms with Crippen LogP contribution in [0.2, 0.25) is 0 Å². The lowest BCUT2D eigenvalue weighted by Gasteiger charge is -2.06. The van der Waals surface area contributed by atoms with Crippen molar-refractivity contribution in [2.75, 3.05) is 5.43 Å². The lowest BCUT2D eigenvalue weighted by atomic mass is 10.3. The molecule has 0 spiro atoms. The Labute approximate surface area is 119 Å². The Morgan fingerprint density at radius 2 is 2.29 bits per heavy atom. The molecule has 0 saturated heterocycles. The Hall–Kier alpha value is -1.21. The zero-order valence-electron chi connectivity index (χ0n) is 8.26. The highest BCUT2D eigenvalue weighted by atomic mass is 127. The zero-order valence-corrected chi connectivity index (χ0v) is 12.0. The summed E-state index contributed by atoms with van der Waals surface area (Å²) in [5.41, 5.74) is 7.73. The number of hydrogen-bond acceptors (Lipinski definition) is 4. The molecule has 0 unspecified atom stereocenters. The van der Waals surface area contributed by atoms with E-state index in [2.05, 4.69) is 26.5 Å². The molecule has 17 heavy (non-hydrogen) atoms. The first-order valence-corrected chi connectivity index (χ1v) is 6.05. The van der Waals surface area contributed by atoms with Crippen LogP contribution in [-0.4, -0.2) is 11.5 Å². The van der Waals surface area contributed by atoms with Gasteiger partial charge in [-0.25, -0.2) is 4.39 Å². The van der Waals surface area contributed by atoms with E-state index in [1.54, 1.807) is 6.07 Å². The van der Waals surface area contributed by atoms with E-state index >= 15 is 0 Å². The minimum absolute atomic E-state index is 0.263. The number of nitrogens with zero attached hydrogens (tertiary/aromatic N) is 2. The average Bonchev–Trinajstić information content (AvgIpc) is 2.25. The van der Waals surface area contributed by atoms with Crippen LogP contribution in [0.25, 0.3) is 0 Å². The van der Waals surface area contributed by atoms with Crippen LogP contribution in [0.5, 0.6) is 0 Å². The van der Waals surface area contributed by atoms with Crippen LogP contribution in [0.4, 0.5) is 10.1 Å². The molecular weight excluding hydrogens is 404 g/mol. The molecule has 5 nitrogen and oxygen atoms in total. The van der Waals surface area contributed by atoms with Crippen molar-refractivity contribution >= 4 is 55.8 Å². The summed E-state index contributed by atoms with van der Waals surface area (Å²) in [5, 5.41) is 19.3. The molecule has 0 saturated carbocycles. The Morgan fingerprint density at radius 1 is 1.65 bits per heavy atom. The number of amidine groups is 1.